The predicted molar refractivity (Wildman–Crippen MR) is 107 cm³/mol. The number of rotatable bonds is 3. The number of aromatic nitrogens is 2. The lowest BCUT2D eigenvalue weighted by Crippen LogP contribution is -2.24. The Morgan fingerprint density at radius 3 is 2.70 bits per heavy atom. The zero-order chi connectivity index (χ0) is 19.0. The van der Waals surface area contributed by atoms with E-state index < -0.39 is 0 Å². The molecule has 0 spiro atoms. The summed E-state index contributed by atoms with van der Waals surface area (Å²) in [6, 6.07) is 15.5. The summed E-state index contributed by atoms with van der Waals surface area (Å²) in [6.45, 7) is 0.292. The van der Waals surface area contributed by atoms with Crippen LogP contribution in [0.4, 0.5) is 0 Å². The van der Waals surface area contributed by atoms with Crippen molar-refractivity contribution in [3.63, 3.8) is 0 Å². The number of halogens is 2. The fourth-order valence-corrected chi connectivity index (χ4v) is 3.20. The fraction of sp³-hybridized carbons (Fsp3) is 0.0500. The van der Waals surface area contributed by atoms with Crippen LogP contribution in [0.1, 0.15) is 15.9 Å². The zero-order valence-electron chi connectivity index (χ0n) is 13.9. The van der Waals surface area contributed by atoms with Gasteiger partial charge in [-0.05, 0) is 42.0 Å². The molecule has 134 valence electrons. The van der Waals surface area contributed by atoms with Crippen LogP contribution in [0, 0.1) is 0 Å². The molecule has 7 heteroatoms. The highest BCUT2D eigenvalue weighted by Gasteiger charge is 2.11. The molecule has 2 aromatic carbocycles. The molecule has 0 aliphatic heterocycles. The van der Waals surface area contributed by atoms with Gasteiger partial charge in [0, 0.05) is 22.8 Å². The summed E-state index contributed by atoms with van der Waals surface area (Å²) in [4.78, 5) is 29.6. The summed E-state index contributed by atoms with van der Waals surface area (Å²) >= 11 is 12.1. The first-order valence-corrected chi connectivity index (χ1v) is 8.92. The third-order valence-electron chi connectivity index (χ3n) is 4.23. The van der Waals surface area contributed by atoms with Crippen LogP contribution in [-0.2, 0) is 6.54 Å². The van der Waals surface area contributed by atoms with E-state index in [1.165, 1.54) is 10.6 Å². The second kappa shape index (κ2) is 7.02. The maximum Gasteiger partial charge on any atom is 0.265 e. The minimum atomic E-state index is -0.306. The van der Waals surface area contributed by atoms with Crippen molar-refractivity contribution < 1.29 is 4.79 Å². The number of nitrogens with one attached hydrogen (secondary N) is 1. The minimum absolute atomic E-state index is 0.257. The molecule has 0 unspecified atom stereocenters. The highest BCUT2D eigenvalue weighted by molar-refractivity contribution is 6.31. The van der Waals surface area contributed by atoms with Gasteiger partial charge in [-0.3, -0.25) is 14.0 Å². The van der Waals surface area contributed by atoms with Gasteiger partial charge in [-0.1, -0.05) is 41.4 Å². The Kier molecular flexibility index (Phi) is 4.56. The van der Waals surface area contributed by atoms with Crippen LogP contribution >= 0.6 is 23.2 Å². The predicted octanol–water partition coefficient (Wildman–Crippen LogP) is 4.08. The summed E-state index contributed by atoms with van der Waals surface area (Å²) in [6.07, 6.45) is 1.49. The Bertz CT molecular complexity index is 1250. The number of hydrogen-bond donors (Lipinski definition) is 1. The smallest absolute Gasteiger partial charge is 0.265 e. The van der Waals surface area contributed by atoms with Crippen molar-refractivity contribution in [3.8, 4) is 0 Å². The quantitative estimate of drug-likeness (QED) is 0.529. The van der Waals surface area contributed by atoms with Crippen molar-refractivity contribution in [2.45, 2.75) is 6.54 Å². The summed E-state index contributed by atoms with van der Waals surface area (Å²) in [5, 5.41) is 4.34. The number of carbonyl (C=O) groups excluding carboxylic acids is 1. The first kappa shape index (κ1) is 17.5. The summed E-state index contributed by atoms with van der Waals surface area (Å²) in [7, 11) is 0. The Labute approximate surface area is 164 Å². The van der Waals surface area contributed by atoms with E-state index in [1.807, 2.05) is 18.2 Å². The molecule has 4 aromatic rings. The van der Waals surface area contributed by atoms with Crippen LogP contribution in [-0.4, -0.2) is 15.3 Å². The highest BCUT2D eigenvalue weighted by atomic mass is 35.5. The van der Waals surface area contributed by atoms with Gasteiger partial charge in [-0.25, -0.2) is 4.98 Å². The molecule has 2 heterocycles. The highest BCUT2D eigenvalue weighted by Crippen LogP contribution is 2.17. The van der Waals surface area contributed by atoms with Crippen molar-refractivity contribution in [3.05, 3.63) is 92.3 Å². The lowest BCUT2D eigenvalue weighted by molar-refractivity contribution is 0.0950. The van der Waals surface area contributed by atoms with Crippen LogP contribution < -0.4 is 10.9 Å². The number of carbonyl (C=O) groups is 1. The number of nitrogens with zero attached hydrogens (tertiary/aromatic N) is 2. The van der Waals surface area contributed by atoms with Crippen LogP contribution in [0.2, 0.25) is 10.0 Å². The number of pyridine rings is 1. The molecule has 1 amide bonds. The molecule has 27 heavy (non-hydrogen) atoms. The summed E-state index contributed by atoms with van der Waals surface area (Å²) < 4.78 is 1.36. The van der Waals surface area contributed by atoms with Gasteiger partial charge in [-0.2, -0.15) is 0 Å². The molecule has 0 aliphatic rings. The first-order chi connectivity index (χ1) is 13.0. The zero-order valence-corrected chi connectivity index (χ0v) is 15.5. The molecule has 0 saturated carbocycles. The Morgan fingerprint density at radius 1 is 1.07 bits per heavy atom. The lowest BCUT2D eigenvalue weighted by atomic mass is 10.2. The molecule has 2 aromatic heterocycles. The molecule has 5 nitrogen and oxygen atoms in total. The number of fused-ring (bicyclic) bond motifs is 2. The van der Waals surface area contributed by atoms with Crippen molar-refractivity contribution >= 4 is 45.7 Å². The Hall–Kier alpha value is -2.89. The van der Waals surface area contributed by atoms with Gasteiger partial charge in [0.05, 0.1) is 16.5 Å². The van der Waals surface area contributed by atoms with Crippen LogP contribution in [0.3, 0.4) is 0 Å². The third kappa shape index (κ3) is 3.39. The topological polar surface area (TPSA) is 63.5 Å². The van der Waals surface area contributed by atoms with Gasteiger partial charge in [0.2, 0.25) is 0 Å². The van der Waals surface area contributed by atoms with Gasteiger partial charge < -0.3 is 5.32 Å². The maximum absolute atomic E-state index is 12.7. The second-order valence-electron chi connectivity index (χ2n) is 6.00. The molecular formula is C20H13Cl2N3O2. The molecule has 0 atom stereocenters. The molecule has 0 radical (unpaired) electrons. The van der Waals surface area contributed by atoms with Gasteiger partial charge in [0.1, 0.15) is 5.65 Å². The molecule has 4 rings (SSSR count). The maximum atomic E-state index is 12.7. The van der Waals surface area contributed by atoms with E-state index in [2.05, 4.69) is 10.3 Å². The molecule has 0 saturated heterocycles. The minimum Gasteiger partial charge on any atom is -0.348 e. The summed E-state index contributed by atoms with van der Waals surface area (Å²) in [5.74, 6) is -0.306. The van der Waals surface area contributed by atoms with Gasteiger partial charge in [0.25, 0.3) is 11.5 Å². The molecule has 1 N–H and O–H groups in total. The van der Waals surface area contributed by atoms with Crippen LogP contribution in [0.5, 0.6) is 0 Å². The number of amides is 1. The molecular weight excluding hydrogens is 385 g/mol. The SMILES string of the molecule is O=C(NCc1ccccc1Cl)c1ccc2nc3cc(Cl)ccc3c(=O)n2c1. The lowest BCUT2D eigenvalue weighted by Gasteiger charge is -2.09. The number of hydrogen-bond acceptors (Lipinski definition) is 3. The first-order valence-electron chi connectivity index (χ1n) is 8.16. The molecule has 0 bridgehead atoms. The second-order valence-corrected chi connectivity index (χ2v) is 6.84. The van der Waals surface area contributed by atoms with Crippen molar-refractivity contribution in [1.29, 1.82) is 0 Å². The summed E-state index contributed by atoms with van der Waals surface area (Å²) in [5.41, 5.74) is 1.87. The largest absolute Gasteiger partial charge is 0.348 e. The molecule has 0 aliphatic carbocycles. The van der Waals surface area contributed by atoms with E-state index in [4.69, 9.17) is 23.2 Å². The van der Waals surface area contributed by atoms with Crippen molar-refractivity contribution in [2.75, 3.05) is 0 Å². The number of benzene rings is 2. The third-order valence-corrected chi connectivity index (χ3v) is 4.83. The Morgan fingerprint density at radius 2 is 1.89 bits per heavy atom. The monoisotopic (exact) mass is 397 g/mol. The van der Waals surface area contributed by atoms with E-state index in [-0.39, 0.29) is 11.5 Å². The average Bonchev–Trinajstić information content (AvgIpc) is 2.67. The fourth-order valence-electron chi connectivity index (χ4n) is 2.83. The van der Waals surface area contributed by atoms with Crippen molar-refractivity contribution in [1.82, 2.24) is 14.7 Å². The van der Waals surface area contributed by atoms with E-state index in [0.29, 0.717) is 38.7 Å². The van der Waals surface area contributed by atoms with Gasteiger partial charge in [-0.15, -0.1) is 0 Å². The van der Waals surface area contributed by atoms with Crippen LogP contribution in [0.15, 0.2) is 65.6 Å². The standard InChI is InChI=1S/C20H13Cl2N3O2/c21-14-6-7-15-17(9-14)24-18-8-5-13(11-25(18)20(15)27)19(26)23-10-12-3-1-2-4-16(12)22/h1-9,11H,10H2,(H,23,26). The van der Waals surface area contributed by atoms with Gasteiger partial charge in [0.15, 0.2) is 0 Å². The Balaban J connectivity index is 1.68. The van der Waals surface area contributed by atoms with Crippen molar-refractivity contribution in [2.24, 2.45) is 0 Å². The van der Waals surface area contributed by atoms with E-state index >= 15 is 0 Å². The van der Waals surface area contributed by atoms with Gasteiger partial charge >= 0.3 is 0 Å². The van der Waals surface area contributed by atoms with E-state index in [1.54, 1.807) is 36.4 Å². The van der Waals surface area contributed by atoms with E-state index in [9.17, 15) is 9.59 Å². The normalized spacial score (nSPS) is 11.0. The molecule has 0 fully saturated rings. The van der Waals surface area contributed by atoms with Crippen LogP contribution in [0.25, 0.3) is 16.6 Å². The van der Waals surface area contributed by atoms with E-state index in [0.717, 1.165) is 5.56 Å². The average molecular weight is 398 g/mol.